The number of nitrogens with zero attached hydrogens (tertiary/aromatic N) is 1. The van der Waals surface area contributed by atoms with Crippen molar-refractivity contribution >= 4 is 6.09 Å². The van der Waals surface area contributed by atoms with Crippen LogP contribution in [0.1, 0.15) is 36.3 Å². The number of likely N-dealkylation sites (tertiary alicyclic amines) is 1. The van der Waals surface area contributed by atoms with Crippen LogP contribution in [0.25, 0.3) is 0 Å². The molecule has 0 bridgehead atoms. The summed E-state index contributed by atoms with van der Waals surface area (Å²) in [6.45, 7) is 0.429. The Hall–Kier alpha value is -2.80. The van der Waals surface area contributed by atoms with Crippen LogP contribution in [-0.2, 0) is 6.42 Å². The summed E-state index contributed by atoms with van der Waals surface area (Å²) in [7, 11) is 3.14. The number of ether oxygens (including phenoxy) is 2. The summed E-state index contributed by atoms with van der Waals surface area (Å²) in [6.07, 6.45) is 0.767. The van der Waals surface area contributed by atoms with E-state index in [1.54, 1.807) is 20.3 Å². The number of alkyl halides is 1. The molecule has 0 radical (unpaired) electrons. The van der Waals surface area contributed by atoms with Gasteiger partial charge in [0, 0.05) is 50.0 Å². The van der Waals surface area contributed by atoms with E-state index in [1.165, 1.54) is 10.5 Å². The van der Waals surface area contributed by atoms with E-state index in [2.05, 4.69) is 17.4 Å². The van der Waals surface area contributed by atoms with Crippen LogP contribution in [0.15, 0.2) is 48.5 Å². The van der Waals surface area contributed by atoms with Gasteiger partial charge < -0.3 is 24.8 Å². The molecule has 7 heteroatoms. The van der Waals surface area contributed by atoms with Crippen LogP contribution in [0.2, 0.25) is 0 Å². The smallest absolute Gasteiger partial charge is 0.407 e. The van der Waals surface area contributed by atoms with Crippen LogP contribution in [-0.4, -0.2) is 61.2 Å². The van der Waals surface area contributed by atoms with E-state index >= 15 is 4.39 Å². The van der Waals surface area contributed by atoms with Crippen LogP contribution < -0.4 is 14.8 Å². The van der Waals surface area contributed by atoms with Crippen LogP contribution in [0.4, 0.5) is 9.18 Å². The van der Waals surface area contributed by atoms with Gasteiger partial charge in [0.2, 0.25) is 0 Å². The van der Waals surface area contributed by atoms with Gasteiger partial charge in [-0.05, 0) is 36.1 Å². The first kappa shape index (κ1) is 22.4. The zero-order valence-corrected chi connectivity index (χ0v) is 18.6. The normalized spacial score (nSPS) is 27.1. The largest absolute Gasteiger partial charge is 0.497 e. The monoisotopic (exact) mass is 442 g/mol. The molecule has 1 aliphatic heterocycles. The van der Waals surface area contributed by atoms with Crippen molar-refractivity contribution in [3.8, 4) is 11.5 Å². The van der Waals surface area contributed by atoms with Crippen LogP contribution in [0.3, 0.4) is 0 Å². The van der Waals surface area contributed by atoms with Gasteiger partial charge in [-0.25, -0.2) is 9.18 Å². The average Bonchev–Trinajstić information content (AvgIpc) is 3.58. The highest BCUT2D eigenvalue weighted by atomic mass is 19.1. The maximum absolute atomic E-state index is 15.8. The van der Waals surface area contributed by atoms with Gasteiger partial charge >= 0.3 is 6.09 Å². The minimum absolute atomic E-state index is 0.161. The number of carboxylic acid groups (broad SMARTS) is 1. The van der Waals surface area contributed by atoms with Gasteiger partial charge in [0.15, 0.2) is 0 Å². The molecule has 2 N–H and O–H groups in total. The van der Waals surface area contributed by atoms with Gasteiger partial charge in [-0.2, -0.15) is 0 Å². The van der Waals surface area contributed by atoms with Gasteiger partial charge in [0.05, 0.1) is 14.2 Å². The third-order valence-electron chi connectivity index (χ3n) is 6.67. The topological polar surface area (TPSA) is 71.0 Å². The van der Waals surface area contributed by atoms with Crippen molar-refractivity contribution < 1.29 is 23.8 Å². The van der Waals surface area contributed by atoms with E-state index in [9.17, 15) is 9.90 Å². The van der Waals surface area contributed by atoms with E-state index in [4.69, 9.17) is 9.47 Å². The van der Waals surface area contributed by atoms with E-state index in [1.807, 2.05) is 30.3 Å². The second-order valence-corrected chi connectivity index (χ2v) is 8.90. The number of benzene rings is 2. The fourth-order valence-corrected chi connectivity index (χ4v) is 4.79. The SMILES string of the molecule is COc1cc(CC2CC(F)(CN[C@@H]3C[C@H]3c3ccccc3)CCN2C(=O)O)cc(OC)c1. The molecular weight excluding hydrogens is 411 g/mol. The Morgan fingerprint density at radius 3 is 2.50 bits per heavy atom. The number of methoxy groups -OCH3 is 2. The highest BCUT2D eigenvalue weighted by Crippen LogP contribution is 2.41. The zero-order valence-electron chi connectivity index (χ0n) is 18.6. The van der Waals surface area contributed by atoms with Crippen molar-refractivity contribution in [1.29, 1.82) is 0 Å². The number of hydrogen-bond donors (Lipinski definition) is 2. The van der Waals surface area contributed by atoms with Crippen molar-refractivity contribution in [3.63, 3.8) is 0 Å². The minimum Gasteiger partial charge on any atom is -0.497 e. The number of nitrogens with one attached hydrogen (secondary N) is 1. The number of hydrogen-bond acceptors (Lipinski definition) is 4. The third-order valence-corrected chi connectivity index (χ3v) is 6.67. The zero-order chi connectivity index (χ0) is 22.7. The third kappa shape index (κ3) is 5.15. The van der Waals surface area contributed by atoms with Crippen molar-refractivity contribution in [2.75, 3.05) is 27.3 Å². The van der Waals surface area contributed by atoms with E-state index in [0.29, 0.717) is 23.8 Å². The molecule has 2 aliphatic rings. The van der Waals surface area contributed by atoms with Gasteiger partial charge in [-0.15, -0.1) is 0 Å². The van der Waals surface area contributed by atoms with Crippen molar-refractivity contribution in [3.05, 3.63) is 59.7 Å². The summed E-state index contributed by atoms with van der Waals surface area (Å²) in [5, 5.41) is 13.1. The van der Waals surface area contributed by atoms with Crippen molar-refractivity contribution in [1.82, 2.24) is 10.2 Å². The van der Waals surface area contributed by atoms with Crippen molar-refractivity contribution in [2.45, 2.75) is 49.4 Å². The maximum atomic E-state index is 15.8. The van der Waals surface area contributed by atoms with Gasteiger partial charge in [-0.1, -0.05) is 30.3 Å². The number of carbonyl (C=O) groups is 1. The van der Waals surface area contributed by atoms with E-state index in [0.717, 1.165) is 12.0 Å². The standard InChI is InChI=1S/C25H31FN2O4/c1-31-20-11-17(12-21(13-20)32-2)10-19-15-25(26,8-9-28(19)24(29)30)16-27-23-14-22(23)18-6-4-3-5-7-18/h3-7,11-13,19,22-23,27H,8-10,14-16H2,1-2H3,(H,29,30)/t19?,22-,23+,25?/m0/s1. The second kappa shape index (κ2) is 9.36. The van der Waals surface area contributed by atoms with Crippen molar-refractivity contribution in [2.24, 2.45) is 0 Å². The summed E-state index contributed by atoms with van der Waals surface area (Å²) in [5.74, 6) is 1.69. The molecule has 1 aliphatic carbocycles. The molecule has 1 heterocycles. The van der Waals surface area contributed by atoms with Gasteiger partial charge in [-0.3, -0.25) is 0 Å². The molecular formula is C25H31FN2O4. The van der Waals surface area contributed by atoms with Gasteiger partial charge in [0.1, 0.15) is 17.2 Å². The minimum atomic E-state index is -1.44. The molecule has 1 saturated carbocycles. The summed E-state index contributed by atoms with van der Waals surface area (Å²) < 4.78 is 26.5. The van der Waals surface area contributed by atoms with E-state index < -0.39 is 17.8 Å². The Labute approximate surface area is 188 Å². The summed E-state index contributed by atoms with van der Waals surface area (Å²) in [5.41, 5.74) is 0.702. The lowest BCUT2D eigenvalue weighted by atomic mass is 9.85. The summed E-state index contributed by atoms with van der Waals surface area (Å²) >= 11 is 0. The Kier molecular flexibility index (Phi) is 6.55. The van der Waals surface area contributed by atoms with Crippen LogP contribution in [0, 0.1) is 0 Å². The molecule has 2 aromatic rings. The first-order valence-corrected chi connectivity index (χ1v) is 11.1. The molecule has 2 fully saturated rings. The predicted molar refractivity (Wildman–Crippen MR) is 120 cm³/mol. The van der Waals surface area contributed by atoms with Crippen LogP contribution in [0.5, 0.6) is 11.5 Å². The quantitative estimate of drug-likeness (QED) is 0.640. The Morgan fingerprint density at radius 1 is 1.19 bits per heavy atom. The molecule has 0 spiro atoms. The summed E-state index contributed by atoms with van der Waals surface area (Å²) in [4.78, 5) is 13.2. The lowest BCUT2D eigenvalue weighted by Crippen LogP contribution is -2.54. The number of halogens is 1. The highest BCUT2D eigenvalue weighted by Gasteiger charge is 2.44. The van der Waals surface area contributed by atoms with Gasteiger partial charge in [0.25, 0.3) is 0 Å². The maximum Gasteiger partial charge on any atom is 0.407 e. The lowest BCUT2D eigenvalue weighted by molar-refractivity contribution is 0.0224. The first-order valence-electron chi connectivity index (χ1n) is 11.1. The Morgan fingerprint density at radius 2 is 1.88 bits per heavy atom. The predicted octanol–water partition coefficient (Wildman–Crippen LogP) is 4.24. The Balaban J connectivity index is 1.42. The second-order valence-electron chi connectivity index (χ2n) is 8.90. The number of amides is 1. The molecule has 1 saturated heterocycles. The first-order chi connectivity index (χ1) is 15.4. The molecule has 2 aromatic carbocycles. The summed E-state index contributed by atoms with van der Waals surface area (Å²) in [6, 6.07) is 15.6. The fraction of sp³-hybridized carbons (Fsp3) is 0.480. The van der Waals surface area contributed by atoms with Crippen LogP contribution >= 0.6 is 0 Å². The molecule has 172 valence electrons. The fourth-order valence-electron chi connectivity index (χ4n) is 4.79. The molecule has 2 unspecified atom stereocenters. The van der Waals surface area contributed by atoms with E-state index in [-0.39, 0.29) is 32.0 Å². The molecule has 4 atom stereocenters. The molecule has 0 aromatic heterocycles. The molecule has 1 amide bonds. The number of rotatable bonds is 8. The lowest BCUT2D eigenvalue weighted by Gasteiger charge is -2.41. The molecule has 4 rings (SSSR count). The molecule has 6 nitrogen and oxygen atoms in total. The number of piperidine rings is 1. The average molecular weight is 443 g/mol. The highest BCUT2D eigenvalue weighted by molar-refractivity contribution is 5.65. The Bertz CT molecular complexity index is 919. The molecule has 32 heavy (non-hydrogen) atoms.